The van der Waals surface area contributed by atoms with Crippen LogP contribution in [0.1, 0.15) is 0 Å². The highest BCUT2D eigenvalue weighted by atomic mass is 16.3. The summed E-state index contributed by atoms with van der Waals surface area (Å²) < 4.78 is 24.8. The van der Waals surface area contributed by atoms with Gasteiger partial charge < -0.3 is 17.7 Å². The van der Waals surface area contributed by atoms with Crippen LogP contribution < -0.4 is 0 Å². The third-order valence-electron chi connectivity index (χ3n) is 9.47. The van der Waals surface area contributed by atoms with Crippen molar-refractivity contribution in [1.82, 2.24) is 0 Å². The molecule has 0 N–H and O–H groups in total. The predicted octanol–water partition coefficient (Wildman–Crippen LogP) is 12.6. The van der Waals surface area contributed by atoms with Gasteiger partial charge in [0.2, 0.25) is 0 Å². The molecule has 0 bridgehead atoms. The molecule has 0 atom stereocenters. The fraction of sp³-hybridized carbons (Fsp3) is 0. The van der Waals surface area contributed by atoms with E-state index in [2.05, 4.69) is 84.9 Å². The summed E-state index contributed by atoms with van der Waals surface area (Å²) in [5, 5.41) is 8.78. The molecule has 214 valence electrons. The summed E-state index contributed by atoms with van der Waals surface area (Å²) in [5.41, 5.74) is 11.4. The molecule has 11 rings (SSSR count). The third kappa shape index (κ3) is 3.33. The Labute approximate surface area is 260 Å². The molecule has 46 heavy (non-hydrogen) atoms. The van der Waals surface area contributed by atoms with E-state index in [4.69, 9.17) is 17.7 Å². The topological polar surface area (TPSA) is 52.6 Å². The molecular weight excluding hydrogens is 568 g/mol. The maximum absolute atomic E-state index is 6.28. The Kier molecular flexibility index (Phi) is 4.55. The van der Waals surface area contributed by atoms with Gasteiger partial charge in [0.15, 0.2) is 0 Å². The second-order valence-electron chi connectivity index (χ2n) is 12.1. The zero-order valence-electron chi connectivity index (χ0n) is 24.3. The number of para-hydroxylation sites is 2. The molecule has 0 aliphatic carbocycles. The normalized spacial score (nSPS) is 12.3. The zero-order valence-corrected chi connectivity index (χ0v) is 24.3. The molecule has 0 aliphatic heterocycles. The summed E-state index contributed by atoms with van der Waals surface area (Å²) >= 11 is 0. The van der Waals surface area contributed by atoms with E-state index in [0.29, 0.717) is 0 Å². The smallest absolute Gasteiger partial charge is 0.139 e. The van der Waals surface area contributed by atoms with Crippen molar-refractivity contribution >= 4 is 87.8 Å². The van der Waals surface area contributed by atoms with Crippen molar-refractivity contribution in [2.24, 2.45) is 0 Å². The number of furan rings is 4. The molecule has 0 saturated carbocycles. The third-order valence-corrected chi connectivity index (χ3v) is 9.47. The number of benzene rings is 7. The van der Waals surface area contributed by atoms with Gasteiger partial charge in [-0.1, -0.05) is 66.7 Å². The molecule has 0 unspecified atom stereocenters. The lowest BCUT2D eigenvalue weighted by atomic mass is 9.97. The SMILES string of the molecule is c1cc(-c2ccc3oc4cc5oc6ccccc6c5cc4c3c2)cc(-c2ccc3oc4cc5oc6ccccc6c5cc4c3c2)c1. The largest absolute Gasteiger partial charge is 0.456 e. The van der Waals surface area contributed by atoms with Gasteiger partial charge in [0.05, 0.1) is 0 Å². The molecule has 4 heterocycles. The van der Waals surface area contributed by atoms with Crippen LogP contribution in [0.3, 0.4) is 0 Å². The number of fused-ring (bicyclic) bond motifs is 12. The van der Waals surface area contributed by atoms with Gasteiger partial charge in [0.25, 0.3) is 0 Å². The van der Waals surface area contributed by atoms with Crippen LogP contribution in [0.5, 0.6) is 0 Å². The van der Waals surface area contributed by atoms with E-state index in [1.807, 2.05) is 48.5 Å². The van der Waals surface area contributed by atoms with Crippen molar-refractivity contribution in [2.45, 2.75) is 0 Å². The van der Waals surface area contributed by atoms with Crippen molar-refractivity contribution in [1.29, 1.82) is 0 Å². The van der Waals surface area contributed by atoms with Crippen molar-refractivity contribution in [3.63, 3.8) is 0 Å². The van der Waals surface area contributed by atoms with E-state index in [1.165, 1.54) is 0 Å². The zero-order chi connectivity index (χ0) is 29.9. The Balaban J connectivity index is 1.04. The van der Waals surface area contributed by atoms with Crippen LogP contribution in [-0.2, 0) is 0 Å². The second-order valence-corrected chi connectivity index (χ2v) is 12.1. The molecule has 7 aromatic carbocycles. The van der Waals surface area contributed by atoms with Crippen LogP contribution in [0, 0.1) is 0 Å². The van der Waals surface area contributed by atoms with Crippen molar-refractivity contribution < 1.29 is 17.7 Å². The van der Waals surface area contributed by atoms with Gasteiger partial charge in [-0.3, -0.25) is 0 Å². The first-order valence-electron chi connectivity index (χ1n) is 15.4. The number of hydrogen-bond acceptors (Lipinski definition) is 4. The molecule has 4 nitrogen and oxygen atoms in total. The minimum absolute atomic E-state index is 0.828. The quantitative estimate of drug-likeness (QED) is 0.201. The molecule has 0 fully saturated rings. The molecular formula is C42H22O4. The summed E-state index contributed by atoms with van der Waals surface area (Å²) in [6.07, 6.45) is 0. The maximum atomic E-state index is 6.28. The second kappa shape index (κ2) is 8.68. The summed E-state index contributed by atoms with van der Waals surface area (Å²) in [6, 6.07) is 46.4. The number of hydrogen-bond donors (Lipinski definition) is 0. The Morgan fingerprint density at radius 1 is 0.217 bits per heavy atom. The standard InChI is InChI=1S/C42H22O4/c1-3-10-35-27(8-1)31-19-33-29-17-25(12-14-37(29)45-41(33)21-39(31)43-35)23-6-5-7-24(16-23)26-13-15-38-30(18-26)34-20-32-28-9-2-4-11-36(28)44-40(32)22-42(34)46-38/h1-22H. The molecule has 0 saturated heterocycles. The van der Waals surface area contributed by atoms with E-state index in [0.717, 1.165) is 110 Å². The molecule has 0 radical (unpaired) electrons. The van der Waals surface area contributed by atoms with E-state index in [1.54, 1.807) is 0 Å². The monoisotopic (exact) mass is 590 g/mol. The van der Waals surface area contributed by atoms with Crippen molar-refractivity contribution in [3.8, 4) is 22.3 Å². The first-order valence-corrected chi connectivity index (χ1v) is 15.4. The highest BCUT2D eigenvalue weighted by Crippen LogP contribution is 2.40. The van der Waals surface area contributed by atoms with E-state index >= 15 is 0 Å². The van der Waals surface area contributed by atoms with Crippen molar-refractivity contribution in [2.75, 3.05) is 0 Å². The Morgan fingerprint density at radius 3 is 1.07 bits per heavy atom. The molecule has 4 aromatic heterocycles. The molecule has 0 aliphatic rings. The highest BCUT2D eigenvalue weighted by molar-refractivity contribution is 6.17. The van der Waals surface area contributed by atoms with Crippen LogP contribution in [0.2, 0.25) is 0 Å². The highest BCUT2D eigenvalue weighted by Gasteiger charge is 2.16. The number of rotatable bonds is 2. The maximum Gasteiger partial charge on any atom is 0.139 e. The Bertz CT molecular complexity index is 2830. The lowest BCUT2D eigenvalue weighted by Crippen LogP contribution is -1.82. The van der Waals surface area contributed by atoms with Gasteiger partial charge in [0, 0.05) is 55.2 Å². The minimum atomic E-state index is 0.828. The first kappa shape index (κ1) is 24.1. The fourth-order valence-electron chi connectivity index (χ4n) is 7.23. The van der Waals surface area contributed by atoms with Crippen LogP contribution in [0.15, 0.2) is 151 Å². The summed E-state index contributed by atoms with van der Waals surface area (Å²) in [5.74, 6) is 0. The van der Waals surface area contributed by atoms with E-state index in [9.17, 15) is 0 Å². The van der Waals surface area contributed by atoms with Crippen LogP contribution in [0.4, 0.5) is 0 Å². The summed E-state index contributed by atoms with van der Waals surface area (Å²) in [4.78, 5) is 0. The van der Waals surface area contributed by atoms with Gasteiger partial charge in [-0.05, 0) is 76.9 Å². The summed E-state index contributed by atoms with van der Waals surface area (Å²) in [6.45, 7) is 0. The Morgan fingerprint density at radius 2 is 0.587 bits per heavy atom. The van der Waals surface area contributed by atoms with Gasteiger partial charge in [-0.15, -0.1) is 0 Å². The van der Waals surface area contributed by atoms with Gasteiger partial charge in [0.1, 0.15) is 44.7 Å². The molecule has 11 aromatic rings. The van der Waals surface area contributed by atoms with E-state index < -0.39 is 0 Å². The van der Waals surface area contributed by atoms with E-state index in [-0.39, 0.29) is 0 Å². The lowest BCUT2D eigenvalue weighted by molar-refractivity contribution is 0.655. The van der Waals surface area contributed by atoms with Crippen LogP contribution >= 0.6 is 0 Å². The average Bonchev–Trinajstić information content (AvgIpc) is 3.85. The first-order chi connectivity index (χ1) is 22.7. The van der Waals surface area contributed by atoms with Gasteiger partial charge in [-0.2, -0.15) is 0 Å². The molecule has 0 spiro atoms. The van der Waals surface area contributed by atoms with Gasteiger partial charge >= 0.3 is 0 Å². The molecule has 0 amide bonds. The lowest BCUT2D eigenvalue weighted by Gasteiger charge is -2.07. The average molecular weight is 591 g/mol. The summed E-state index contributed by atoms with van der Waals surface area (Å²) in [7, 11) is 0. The van der Waals surface area contributed by atoms with Gasteiger partial charge in [-0.25, -0.2) is 0 Å². The fourth-order valence-corrected chi connectivity index (χ4v) is 7.23. The predicted molar refractivity (Wildman–Crippen MR) is 186 cm³/mol. The minimum Gasteiger partial charge on any atom is -0.456 e. The van der Waals surface area contributed by atoms with Crippen LogP contribution in [-0.4, -0.2) is 0 Å². The van der Waals surface area contributed by atoms with Crippen molar-refractivity contribution in [3.05, 3.63) is 133 Å². The Hall–Kier alpha value is -6.26. The van der Waals surface area contributed by atoms with Crippen LogP contribution in [0.25, 0.3) is 110 Å². The molecule has 4 heteroatoms.